The fourth-order valence-corrected chi connectivity index (χ4v) is 11.6. The minimum absolute atomic E-state index is 0.00213. The zero-order valence-electron chi connectivity index (χ0n) is 37.5. The molecule has 17 heteroatoms. The summed E-state index contributed by atoms with van der Waals surface area (Å²) in [6.45, 7) is 7.27. The van der Waals surface area contributed by atoms with E-state index in [9.17, 15) is 27.7 Å². The van der Waals surface area contributed by atoms with Crippen LogP contribution in [-0.2, 0) is 10.0 Å². The summed E-state index contributed by atoms with van der Waals surface area (Å²) in [5, 5.41) is 15.7. The van der Waals surface area contributed by atoms with Crippen LogP contribution in [0.4, 0.5) is 21.5 Å². The van der Waals surface area contributed by atoms with Crippen LogP contribution in [0.25, 0.3) is 11.0 Å². The van der Waals surface area contributed by atoms with Gasteiger partial charge in [0.2, 0.25) is 0 Å². The van der Waals surface area contributed by atoms with Crippen LogP contribution in [0.1, 0.15) is 97.4 Å². The number of aromatic amines is 1. The number of anilines is 2. The number of nitrogens with one attached hydrogen (secondary N) is 3. The molecule has 4 aliphatic rings. The quantitative estimate of drug-likeness (QED) is 0.0782. The number of aromatic nitrogens is 2. The van der Waals surface area contributed by atoms with Gasteiger partial charge in [-0.25, -0.2) is 22.5 Å². The Bertz CT molecular complexity index is 2980. The SMILES string of the molecule is COc1ccc([C@H]2COc3cc(S(=O)(=O)NC(=O)c4ccc(N5CCC6(CC5)CC(N5CCC[C@H]5c5ccccc5C(C)C)C6)cc4Oc4cnc5[nH]cc(F)c5c4)cc([N+](=O)[O-])c3N2)cc1. The van der Waals surface area contributed by atoms with Gasteiger partial charge in [-0.3, -0.25) is 19.8 Å². The van der Waals surface area contributed by atoms with Crippen molar-refractivity contribution in [3.05, 3.63) is 136 Å². The molecule has 5 heterocycles. The Balaban J connectivity index is 0.871. The first-order chi connectivity index (χ1) is 32.3. The van der Waals surface area contributed by atoms with E-state index in [2.05, 4.69) is 67.9 Å². The second-order valence-electron chi connectivity index (χ2n) is 18.5. The Labute approximate surface area is 387 Å². The highest BCUT2D eigenvalue weighted by Crippen LogP contribution is 2.54. The van der Waals surface area contributed by atoms with Crippen molar-refractivity contribution in [3.8, 4) is 23.0 Å². The van der Waals surface area contributed by atoms with Crippen molar-refractivity contribution in [1.29, 1.82) is 0 Å². The number of benzene rings is 4. The van der Waals surface area contributed by atoms with Gasteiger partial charge in [0.1, 0.15) is 35.3 Å². The average Bonchev–Trinajstić information content (AvgIpc) is 3.96. The maximum atomic E-state index is 14.7. The van der Waals surface area contributed by atoms with Gasteiger partial charge in [-0.1, -0.05) is 50.2 Å². The van der Waals surface area contributed by atoms with E-state index in [0.717, 1.165) is 68.7 Å². The monoisotopic (exact) mass is 929 g/mol. The number of fused-ring (bicyclic) bond motifs is 2. The summed E-state index contributed by atoms with van der Waals surface area (Å²) in [6, 6.07) is 25.0. The molecule has 2 aromatic heterocycles. The van der Waals surface area contributed by atoms with Gasteiger partial charge in [0.15, 0.2) is 11.4 Å². The van der Waals surface area contributed by atoms with Gasteiger partial charge in [0, 0.05) is 55.3 Å². The summed E-state index contributed by atoms with van der Waals surface area (Å²) in [7, 11) is -3.18. The molecule has 1 amide bonds. The third kappa shape index (κ3) is 8.50. The van der Waals surface area contributed by atoms with E-state index in [1.54, 1.807) is 43.5 Å². The number of likely N-dealkylation sites (tertiary alicyclic amines) is 1. The minimum Gasteiger partial charge on any atom is -0.497 e. The fourth-order valence-electron chi connectivity index (χ4n) is 10.6. The van der Waals surface area contributed by atoms with Gasteiger partial charge >= 0.3 is 0 Å². The Hall–Kier alpha value is -6.72. The molecule has 6 aromatic rings. The lowest BCUT2D eigenvalue weighted by Gasteiger charge is -2.56. The van der Waals surface area contributed by atoms with Crippen LogP contribution in [0.5, 0.6) is 23.0 Å². The van der Waals surface area contributed by atoms with Gasteiger partial charge < -0.3 is 29.4 Å². The lowest BCUT2D eigenvalue weighted by atomic mass is 9.59. The fraction of sp³-hybridized carbons (Fsp3) is 0.360. The van der Waals surface area contributed by atoms with E-state index in [0.29, 0.717) is 29.4 Å². The normalized spacial score (nSPS) is 19.4. The van der Waals surface area contributed by atoms with Crippen molar-refractivity contribution in [2.45, 2.75) is 81.3 Å². The predicted octanol–water partition coefficient (Wildman–Crippen LogP) is 9.78. The summed E-state index contributed by atoms with van der Waals surface area (Å²) in [5.41, 5.74) is 4.34. The van der Waals surface area contributed by atoms with E-state index in [1.165, 1.54) is 48.5 Å². The Morgan fingerprint density at radius 2 is 1.79 bits per heavy atom. The topological polar surface area (TPSA) is 181 Å². The number of piperidine rings is 1. The number of carbonyl (C=O) groups is 1. The first-order valence-corrected chi connectivity index (χ1v) is 24.2. The Kier molecular flexibility index (Phi) is 11.5. The number of nitro groups is 1. The number of nitro benzene ring substituents is 1. The Morgan fingerprint density at radius 1 is 1.01 bits per heavy atom. The van der Waals surface area contributed by atoms with Gasteiger partial charge in [-0.05, 0) is 103 Å². The van der Waals surface area contributed by atoms with E-state index in [-0.39, 0.29) is 45.9 Å². The van der Waals surface area contributed by atoms with Gasteiger partial charge in [0.05, 0.1) is 40.1 Å². The third-order valence-corrected chi connectivity index (χ3v) is 15.5. The van der Waals surface area contributed by atoms with Crippen molar-refractivity contribution in [3.63, 3.8) is 0 Å². The zero-order valence-corrected chi connectivity index (χ0v) is 38.3. The second kappa shape index (κ2) is 17.5. The standard InChI is InChI=1S/C50H52FN7O8S/c1-30(2)37-7-4-5-8-38(37)43-9-6-18-57(43)33-25-50(26-33)16-19-56(20-17-50)32-12-15-39(45(21-32)66-35-22-40-41(51)28-53-48(40)52-27-35)49(59)55-67(62,63)36-23-44(58(60)61)47-46(24-36)65-29-42(54-47)31-10-13-34(64-3)14-11-31/h4-5,7-8,10-15,21-24,27-28,30,33,42-43,54H,6,9,16-20,25-26,29H2,1-3H3,(H,52,53)(H,55,59)/t42-,43+/m1/s1. The molecule has 4 aromatic carbocycles. The highest BCUT2D eigenvalue weighted by atomic mass is 32.2. The molecule has 67 heavy (non-hydrogen) atoms. The molecule has 3 N–H and O–H groups in total. The van der Waals surface area contributed by atoms with Crippen LogP contribution in [0.15, 0.2) is 102 Å². The molecule has 0 radical (unpaired) electrons. The van der Waals surface area contributed by atoms with Crippen molar-refractivity contribution >= 4 is 44.0 Å². The maximum Gasteiger partial charge on any atom is 0.297 e. The zero-order chi connectivity index (χ0) is 46.6. The lowest BCUT2D eigenvalue weighted by Crippen LogP contribution is -2.54. The van der Waals surface area contributed by atoms with Crippen LogP contribution >= 0.6 is 0 Å². The smallest absolute Gasteiger partial charge is 0.297 e. The molecule has 0 bridgehead atoms. The minimum atomic E-state index is -4.72. The van der Waals surface area contributed by atoms with Crippen molar-refractivity contribution < 1.29 is 36.7 Å². The number of hydrogen-bond acceptors (Lipinski definition) is 12. The molecule has 1 saturated carbocycles. The van der Waals surface area contributed by atoms with Crippen molar-refractivity contribution in [1.82, 2.24) is 19.6 Å². The van der Waals surface area contributed by atoms with Gasteiger partial charge in [-0.15, -0.1) is 0 Å². The predicted molar refractivity (Wildman–Crippen MR) is 251 cm³/mol. The Morgan fingerprint density at radius 3 is 2.54 bits per heavy atom. The lowest BCUT2D eigenvalue weighted by molar-refractivity contribution is -0.384. The largest absolute Gasteiger partial charge is 0.497 e. The number of amides is 1. The number of carbonyl (C=O) groups excluding carboxylic acids is 1. The van der Waals surface area contributed by atoms with Crippen LogP contribution in [0.3, 0.4) is 0 Å². The van der Waals surface area contributed by atoms with Crippen molar-refractivity contribution in [2.75, 3.05) is 43.6 Å². The number of pyridine rings is 1. The molecule has 3 fully saturated rings. The molecule has 2 saturated heterocycles. The molecule has 15 nitrogen and oxygen atoms in total. The molecule has 0 unspecified atom stereocenters. The summed E-state index contributed by atoms with van der Waals surface area (Å²) in [5.74, 6) is -0.400. The highest BCUT2D eigenvalue weighted by molar-refractivity contribution is 7.90. The molecule has 1 spiro atoms. The molecule has 3 aliphatic heterocycles. The summed E-state index contributed by atoms with van der Waals surface area (Å²) >= 11 is 0. The second-order valence-corrected chi connectivity index (χ2v) is 20.2. The number of nitrogens with zero attached hydrogens (tertiary/aromatic N) is 4. The van der Waals surface area contributed by atoms with E-state index in [1.807, 2.05) is 0 Å². The summed E-state index contributed by atoms with van der Waals surface area (Å²) in [4.78, 5) is 37.2. The first kappa shape index (κ1) is 44.1. The first-order valence-electron chi connectivity index (χ1n) is 22.7. The average molecular weight is 930 g/mol. The molecule has 348 valence electrons. The van der Waals surface area contributed by atoms with Gasteiger partial charge in [-0.2, -0.15) is 0 Å². The van der Waals surface area contributed by atoms with Crippen LogP contribution in [-0.4, -0.2) is 73.5 Å². The number of ether oxygens (including phenoxy) is 3. The number of rotatable bonds is 12. The summed E-state index contributed by atoms with van der Waals surface area (Å²) in [6.07, 6.45) is 9.28. The number of sulfonamides is 1. The number of halogens is 1. The third-order valence-electron chi connectivity index (χ3n) is 14.2. The molecule has 10 rings (SSSR count). The number of H-pyrrole nitrogens is 1. The van der Waals surface area contributed by atoms with E-state index in [4.69, 9.17) is 14.2 Å². The van der Waals surface area contributed by atoms with Gasteiger partial charge in [0.25, 0.3) is 21.6 Å². The number of methoxy groups -OCH3 is 1. The molecule has 1 aliphatic carbocycles. The maximum absolute atomic E-state index is 14.7. The summed E-state index contributed by atoms with van der Waals surface area (Å²) < 4.78 is 62.0. The highest BCUT2D eigenvalue weighted by Gasteiger charge is 2.50. The van der Waals surface area contributed by atoms with Crippen LogP contribution in [0, 0.1) is 21.3 Å². The van der Waals surface area contributed by atoms with E-state index < -0.39 is 43.3 Å². The molecular formula is C50H52FN7O8S. The van der Waals surface area contributed by atoms with Crippen LogP contribution < -0.4 is 29.1 Å². The van der Waals surface area contributed by atoms with Crippen molar-refractivity contribution in [2.24, 2.45) is 5.41 Å². The van der Waals surface area contributed by atoms with Crippen LogP contribution in [0.2, 0.25) is 0 Å². The number of hydrogen-bond donors (Lipinski definition) is 3. The van der Waals surface area contributed by atoms with E-state index >= 15 is 0 Å². The molecular weight excluding hydrogens is 878 g/mol. The molecule has 2 atom stereocenters.